The molecule has 1 aliphatic heterocycles. The third-order valence-corrected chi connectivity index (χ3v) is 5.52. The van der Waals surface area contributed by atoms with Crippen LogP contribution in [0.3, 0.4) is 0 Å². The molecule has 2 aromatic heterocycles. The number of carbonyl (C=O) groups is 1. The zero-order valence-corrected chi connectivity index (χ0v) is 17.4. The summed E-state index contributed by atoms with van der Waals surface area (Å²) in [6.45, 7) is 1.91. The van der Waals surface area contributed by atoms with Crippen LogP contribution in [0.25, 0.3) is 11.3 Å². The van der Waals surface area contributed by atoms with Crippen LogP contribution in [0.15, 0.2) is 86.8 Å². The summed E-state index contributed by atoms with van der Waals surface area (Å²) < 4.78 is 12.8. The first-order chi connectivity index (χ1) is 15.2. The van der Waals surface area contributed by atoms with Gasteiger partial charge in [-0.3, -0.25) is 4.79 Å². The van der Waals surface area contributed by atoms with E-state index in [0.29, 0.717) is 27.7 Å². The van der Waals surface area contributed by atoms with Crippen LogP contribution in [0.4, 0.5) is 11.4 Å². The molecule has 0 unspecified atom stereocenters. The molecule has 1 amide bonds. The second-order valence-electron chi connectivity index (χ2n) is 6.87. The number of amides is 1. The lowest BCUT2D eigenvalue weighted by molar-refractivity contribution is -0.118. The number of fused-ring (bicyclic) bond motifs is 1. The third kappa shape index (κ3) is 3.93. The highest BCUT2D eigenvalue weighted by Gasteiger charge is 2.18. The van der Waals surface area contributed by atoms with E-state index in [0.717, 1.165) is 16.9 Å². The van der Waals surface area contributed by atoms with Gasteiger partial charge in [0.1, 0.15) is 17.2 Å². The highest BCUT2D eigenvalue weighted by molar-refractivity contribution is 7.07. The largest absolute Gasteiger partial charge is 0.482 e. The third-order valence-electron chi connectivity index (χ3n) is 4.70. The Morgan fingerprint density at radius 1 is 1.13 bits per heavy atom. The first-order valence-electron chi connectivity index (χ1n) is 9.64. The number of benzene rings is 2. The van der Waals surface area contributed by atoms with E-state index in [1.165, 1.54) is 11.3 Å². The van der Waals surface area contributed by atoms with Crippen LogP contribution in [0.5, 0.6) is 5.75 Å². The quantitative estimate of drug-likeness (QED) is 0.479. The van der Waals surface area contributed by atoms with Crippen molar-refractivity contribution in [3.63, 3.8) is 0 Å². The Morgan fingerprint density at radius 2 is 2.00 bits per heavy atom. The number of rotatable bonds is 4. The molecule has 31 heavy (non-hydrogen) atoms. The first kappa shape index (κ1) is 19.1. The van der Waals surface area contributed by atoms with Gasteiger partial charge < -0.3 is 14.5 Å². The normalized spacial score (nSPS) is 14.2. The summed E-state index contributed by atoms with van der Waals surface area (Å²) in [6, 6.07) is 19.1. The number of thiazole rings is 1. The van der Waals surface area contributed by atoms with E-state index in [4.69, 9.17) is 19.2 Å². The SMILES string of the molecule is CC(=Nn1c(-c2ccc3c(c2)NC(=O)CO3)csc1=Nc1ccccc1)c1ccco1. The smallest absolute Gasteiger partial charge is 0.262 e. The van der Waals surface area contributed by atoms with Gasteiger partial charge in [-0.2, -0.15) is 5.10 Å². The van der Waals surface area contributed by atoms with Gasteiger partial charge in [0.15, 0.2) is 6.61 Å². The molecule has 0 saturated heterocycles. The second-order valence-corrected chi connectivity index (χ2v) is 7.71. The summed E-state index contributed by atoms with van der Waals surface area (Å²) in [7, 11) is 0. The molecule has 3 heterocycles. The van der Waals surface area contributed by atoms with Crippen LogP contribution < -0.4 is 14.9 Å². The average Bonchev–Trinajstić information content (AvgIpc) is 3.45. The maximum Gasteiger partial charge on any atom is 0.262 e. The van der Waals surface area contributed by atoms with Crippen LogP contribution >= 0.6 is 11.3 Å². The number of aromatic nitrogens is 1. The van der Waals surface area contributed by atoms with Gasteiger partial charge in [-0.15, -0.1) is 11.3 Å². The standard InChI is InChI=1S/C23H18N4O3S/c1-15(20-8-5-11-29-20)26-27-19(14-31-23(27)24-17-6-3-2-4-7-17)16-9-10-21-18(12-16)25-22(28)13-30-21/h2-12,14H,13H2,1H3,(H,25,28). The van der Waals surface area contributed by atoms with Crippen LogP contribution in [0.2, 0.25) is 0 Å². The molecule has 1 aliphatic rings. The summed E-state index contributed by atoms with van der Waals surface area (Å²) in [4.78, 5) is 17.2. The van der Waals surface area contributed by atoms with Crippen LogP contribution in [0, 0.1) is 0 Å². The lowest BCUT2D eigenvalue weighted by Crippen LogP contribution is -2.25. The maximum atomic E-state index is 11.7. The van der Waals surface area contributed by atoms with E-state index in [9.17, 15) is 4.79 Å². The van der Waals surface area contributed by atoms with Crippen LogP contribution in [-0.4, -0.2) is 22.9 Å². The summed E-state index contributed by atoms with van der Waals surface area (Å²) in [5, 5.41) is 9.65. The summed E-state index contributed by atoms with van der Waals surface area (Å²) in [5.74, 6) is 1.16. The summed E-state index contributed by atoms with van der Waals surface area (Å²) >= 11 is 1.48. The molecule has 0 fully saturated rings. The maximum absolute atomic E-state index is 11.7. The molecule has 5 rings (SSSR count). The van der Waals surface area contributed by atoms with E-state index in [2.05, 4.69) is 5.32 Å². The summed E-state index contributed by atoms with van der Waals surface area (Å²) in [6.07, 6.45) is 1.62. The Balaban J connectivity index is 1.66. The fraction of sp³-hybridized carbons (Fsp3) is 0.0870. The van der Waals surface area contributed by atoms with Gasteiger partial charge in [-0.25, -0.2) is 9.67 Å². The van der Waals surface area contributed by atoms with Crippen molar-refractivity contribution in [1.29, 1.82) is 0 Å². The van der Waals surface area contributed by atoms with Crippen molar-refractivity contribution in [2.24, 2.45) is 10.1 Å². The monoisotopic (exact) mass is 430 g/mol. The van der Waals surface area contributed by atoms with E-state index in [1.54, 1.807) is 10.9 Å². The fourth-order valence-electron chi connectivity index (χ4n) is 3.21. The minimum Gasteiger partial charge on any atom is -0.482 e. The number of para-hydroxylation sites is 1. The molecule has 2 aromatic carbocycles. The lowest BCUT2D eigenvalue weighted by atomic mass is 10.1. The molecule has 0 bridgehead atoms. The first-order valence-corrected chi connectivity index (χ1v) is 10.5. The zero-order chi connectivity index (χ0) is 21.2. The number of furan rings is 1. The minimum absolute atomic E-state index is 0.0253. The van der Waals surface area contributed by atoms with Crippen LogP contribution in [0.1, 0.15) is 12.7 Å². The van der Waals surface area contributed by atoms with E-state index >= 15 is 0 Å². The molecule has 0 spiro atoms. The van der Waals surface area contributed by atoms with Crippen molar-refractivity contribution in [2.75, 3.05) is 11.9 Å². The van der Waals surface area contributed by atoms with Crippen molar-refractivity contribution in [3.05, 3.63) is 82.9 Å². The Kier molecular flexibility index (Phi) is 4.97. The van der Waals surface area contributed by atoms with Crippen LogP contribution in [-0.2, 0) is 4.79 Å². The van der Waals surface area contributed by atoms with Crippen molar-refractivity contribution < 1.29 is 13.9 Å². The van der Waals surface area contributed by atoms with E-state index < -0.39 is 0 Å². The van der Waals surface area contributed by atoms with Crippen molar-refractivity contribution in [2.45, 2.75) is 6.92 Å². The number of ether oxygens (including phenoxy) is 1. The van der Waals surface area contributed by atoms with Gasteiger partial charge in [0, 0.05) is 10.9 Å². The van der Waals surface area contributed by atoms with Gasteiger partial charge in [0.25, 0.3) is 5.91 Å². The molecule has 8 heteroatoms. The Morgan fingerprint density at radius 3 is 2.81 bits per heavy atom. The molecule has 154 valence electrons. The topological polar surface area (TPSA) is 81.1 Å². The Bertz CT molecular complexity index is 1330. The Hall–Kier alpha value is -3.91. The van der Waals surface area contributed by atoms with Crippen molar-refractivity contribution in [1.82, 2.24) is 4.68 Å². The van der Waals surface area contributed by atoms with Gasteiger partial charge >= 0.3 is 0 Å². The molecule has 1 N–H and O–H groups in total. The van der Waals surface area contributed by atoms with Crippen molar-refractivity contribution >= 4 is 34.3 Å². The molecule has 0 aliphatic carbocycles. The molecular formula is C23H18N4O3S. The second kappa shape index (κ2) is 8.08. The Labute approximate surface area is 182 Å². The number of carbonyl (C=O) groups excluding carboxylic acids is 1. The summed E-state index contributed by atoms with van der Waals surface area (Å²) in [5.41, 5.74) is 3.91. The number of hydrogen-bond acceptors (Lipinski definition) is 6. The lowest BCUT2D eigenvalue weighted by Gasteiger charge is -2.18. The number of nitrogens with one attached hydrogen (secondary N) is 1. The van der Waals surface area contributed by atoms with Gasteiger partial charge in [-0.05, 0) is 49.4 Å². The van der Waals surface area contributed by atoms with E-state index in [1.807, 2.05) is 73.0 Å². The van der Waals surface area contributed by atoms with Gasteiger partial charge in [0.2, 0.25) is 4.80 Å². The minimum atomic E-state index is -0.172. The number of nitrogens with zero attached hydrogens (tertiary/aromatic N) is 3. The molecule has 7 nitrogen and oxygen atoms in total. The van der Waals surface area contributed by atoms with E-state index in [-0.39, 0.29) is 12.5 Å². The van der Waals surface area contributed by atoms with Crippen molar-refractivity contribution in [3.8, 4) is 17.0 Å². The highest BCUT2D eigenvalue weighted by atomic mass is 32.1. The molecule has 0 radical (unpaired) electrons. The number of hydrogen-bond donors (Lipinski definition) is 1. The number of anilines is 1. The van der Waals surface area contributed by atoms with Gasteiger partial charge in [0.05, 0.1) is 23.3 Å². The molecule has 0 atom stereocenters. The molecule has 4 aromatic rings. The zero-order valence-electron chi connectivity index (χ0n) is 16.6. The highest BCUT2D eigenvalue weighted by Crippen LogP contribution is 2.33. The predicted octanol–water partition coefficient (Wildman–Crippen LogP) is 4.65. The molecular weight excluding hydrogens is 412 g/mol. The predicted molar refractivity (Wildman–Crippen MR) is 120 cm³/mol. The van der Waals surface area contributed by atoms with Gasteiger partial charge in [-0.1, -0.05) is 18.2 Å². The molecule has 0 saturated carbocycles. The fourth-order valence-corrected chi connectivity index (χ4v) is 4.06. The average molecular weight is 430 g/mol.